The Balaban J connectivity index is 1.18. The average Bonchev–Trinajstić information content (AvgIpc) is 4.06. The van der Waals surface area contributed by atoms with Gasteiger partial charge in [-0.3, -0.25) is 0 Å². The normalized spacial score (nSPS) is 12.7. The van der Waals surface area contributed by atoms with Crippen molar-refractivity contribution in [3.8, 4) is 68.0 Å². The molecule has 0 radical (unpaired) electrons. The van der Waals surface area contributed by atoms with Crippen LogP contribution in [-0.4, -0.2) is 9.13 Å². The first-order chi connectivity index (χ1) is 37.7. The minimum Gasteiger partial charge on any atom is -0.309 e. The Hall–Kier alpha value is -9.49. The number of nitriles is 2. The molecule has 0 spiro atoms. The number of halogens is 15. The van der Waals surface area contributed by atoms with E-state index in [1.807, 2.05) is 0 Å². The van der Waals surface area contributed by atoms with Crippen LogP contribution >= 0.6 is 0 Å². The summed E-state index contributed by atoms with van der Waals surface area (Å²) >= 11 is 0. The molecule has 0 saturated heterocycles. The topological polar surface area (TPSA) is 57.4 Å². The monoisotopic (exact) mass is 1100 g/mol. The first-order valence-electron chi connectivity index (χ1n) is 23.7. The molecule has 9 aromatic carbocycles. The summed E-state index contributed by atoms with van der Waals surface area (Å²) < 4.78 is 219. The first-order valence-corrected chi connectivity index (χ1v) is 23.7. The van der Waals surface area contributed by atoms with Crippen LogP contribution in [0.25, 0.3) is 99.5 Å². The molecule has 0 saturated carbocycles. The number of hydrogen-bond donors (Lipinski definition) is 0. The fourth-order valence-corrected chi connectivity index (χ4v) is 10.5. The van der Waals surface area contributed by atoms with Gasteiger partial charge >= 0.3 is 30.9 Å². The van der Waals surface area contributed by atoms with E-state index < -0.39 is 75.4 Å². The van der Waals surface area contributed by atoms with Crippen molar-refractivity contribution in [1.29, 1.82) is 10.5 Å². The highest BCUT2D eigenvalue weighted by molar-refractivity contribution is 6.12. The van der Waals surface area contributed by atoms with Crippen molar-refractivity contribution in [3.05, 3.63) is 215 Å². The second-order valence-electron chi connectivity index (χ2n) is 18.6. The molecule has 4 nitrogen and oxygen atoms in total. The summed E-state index contributed by atoms with van der Waals surface area (Å²) in [6.45, 7) is 0. The maximum atomic E-state index is 15.3. The van der Waals surface area contributed by atoms with Gasteiger partial charge in [-0.25, -0.2) is 0 Å². The number of benzene rings is 9. The molecule has 0 unspecified atom stereocenters. The summed E-state index contributed by atoms with van der Waals surface area (Å²) in [4.78, 5) is 0. The van der Waals surface area contributed by atoms with Crippen molar-refractivity contribution in [2.45, 2.75) is 30.9 Å². The van der Waals surface area contributed by atoms with E-state index in [-0.39, 0.29) is 62.5 Å². The fraction of sp³-hybridized carbons (Fsp3) is 0.0820. The number of para-hydroxylation sites is 2. The van der Waals surface area contributed by atoms with Gasteiger partial charge in [-0.15, -0.1) is 0 Å². The zero-order chi connectivity index (χ0) is 57.0. The summed E-state index contributed by atoms with van der Waals surface area (Å²) in [6, 6.07) is 39.6. The Morgan fingerprint density at radius 3 is 1.23 bits per heavy atom. The molecule has 2 aromatic heterocycles. The average molecular weight is 1100 g/mol. The van der Waals surface area contributed by atoms with Gasteiger partial charge in [-0.2, -0.15) is 76.4 Å². The highest BCUT2D eigenvalue weighted by atomic mass is 19.4. The fourth-order valence-electron chi connectivity index (χ4n) is 10.5. The van der Waals surface area contributed by atoms with Gasteiger partial charge in [-0.05, 0) is 142 Å². The van der Waals surface area contributed by atoms with E-state index in [0.29, 0.717) is 61.8 Å². The molecule has 11 rings (SSSR count). The Morgan fingerprint density at radius 2 is 0.725 bits per heavy atom. The van der Waals surface area contributed by atoms with Crippen LogP contribution in [0.15, 0.2) is 176 Å². The van der Waals surface area contributed by atoms with Crippen molar-refractivity contribution in [1.82, 2.24) is 9.13 Å². The van der Waals surface area contributed by atoms with Crippen molar-refractivity contribution < 1.29 is 65.9 Å². The molecule has 0 aliphatic rings. The molecule has 398 valence electrons. The molecule has 0 N–H and O–H groups in total. The van der Waals surface area contributed by atoms with Crippen molar-refractivity contribution in [2.24, 2.45) is 0 Å². The van der Waals surface area contributed by atoms with Gasteiger partial charge in [-0.1, -0.05) is 72.8 Å². The van der Waals surface area contributed by atoms with Crippen molar-refractivity contribution >= 4 is 43.6 Å². The number of alkyl halides is 15. The molecular weight excluding hydrogens is 1070 g/mol. The van der Waals surface area contributed by atoms with E-state index in [4.69, 9.17) is 0 Å². The highest BCUT2D eigenvalue weighted by Crippen LogP contribution is 2.49. The SMILES string of the molecule is N#Cc1ccc(-n2c3ccccc3c3cc(-c4ccc(C(F)(F)F)cc4C(F)(F)F)ccc32)c(-c2cc(-n3c4ccccc4c4cc(-c5ccc(C(F)(F)F)cc5C(F)(F)F)ccc43)ccc2-c2ccc(C#N)cc2C(F)(F)F)c1. The first kappa shape index (κ1) is 52.6. The zero-order valence-electron chi connectivity index (χ0n) is 40.2. The maximum absolute atomic E-state index is 15.3. The molecule has 11 aromatic rings. The van der Waals surface area contributed by atoms with Gasteiger partial charge in [0.2, 0.25) is 0 Å². The summed E-state index contributed by atoms with van der Waals surface area (Å²) in [5, 5.41) is 21.7. The van der Waals surface area contributed by atoms with Crippen LogP contribution in [0.4, 0.5) is 65.9 Å². The van der Waals surface area contributed by atoms with E-state index in [0.717, 1.165) is 18.2 Å². The molecule has 2 heterocycles. The minimum absolute atomic E-state index is 0.0203. The molecule has 0 aliphatic heterocycles. The highest BCUT2D eigenvalue weighted by Gasteiger charge is 2.41. The number of aromatic nitrogens is 2. The molecule has 0 aliphatic carbocycles. The van der Waals surface area contributed by atoms with Crippen LogP contribution in [0.1, 0.15) is 38.9 Å². The van der Waals surface area contributed by atoms with Gasteiger partial charge in [0.25, 0.3) is 0 Å². The molecule has 0 amide bonds. The van der Waals surface area contributed by atoms with Crippen LogP contribution in [0.2, 0.25) is 0 Å². The summed E-state index contributed by atoms with van der Waals surface area (Å²) in [5.41, 5.74) is -7.24. The Bertz CT molecular complexity index is 4440. The lowest BCUT2D eigenvalue weighted by molar-refractivity contribution is -0.144. The number of nitrogens with zero attached hydrogens (tertiary/aromatic N) is 4. The predicted octanol–water partition coefficient (Wildman–Crippen LogP) is 19.4. The van der Waals surface area contributed by atoms with E-state index >= 15 is 13.2 Å². The van der Waals surface area contributed by atoms with Crippen LogP contribution in [0.5, 0.6) is 0 Å². The van der Waals surface area contributed by atoms with E-state index in [2.05, 4.69) is 6.07 Å². The van der Waals surface area contributed by atoms with Crippen LogP contribution in [-0.2, 0) is 30.9 Å². The van der Waals surface area contributed by atoms with Gasteiger partial charge in [0.15, 0.2) is 0 Å². The number of hydrogen-bond acceptors (Lipinski definition) is 2. The standard InChI is InChI=1S/C61H29F15N4/c62-57(63,64)36-13-17-39(50(27-36)60(71,72)73)34-11-21-54-47(25-34)43-5-1-3-7-52(43)79(54)38-15-19-41(42-16-9-33(31-78)24-49(42)59(68,69)70)45(29-38)46-23-32(30-77)10-20-55(46)80-53-8-4-2-6-44(53)48-26-35(12-22-56(48)80)40-18-14-37(58(65,66)67)28-51(40)61(74,75)76/h1-29H. The second kappa shape index (κ2) is 18.6. The number of rotatable bonds is 6. The second-order valence-corrected chi connectivity index (χ2v) is 18.6. The molecule has 0 atom stereocenters. The molecular formula is C61H29F15N4. The van der Waals surface area contributed by atoms with Crippen LogP contribution < -0.4 is 0 Å². The largest absolute Gasteiger partial charge is 0.417 e. The predicted molar refractivity (Wildman–Crippen MR) is 271 cm³/mol. The third-order valence-electron chi connectivity index (χ3n) is 13.9. The van der Waals surface area contributed by atoms with E-state index in [1.165, 1.54) is 78.9 Å². The quantitative estimate of drug-likeness (QED) is 0.156. The van der Waals surface area contributed by atoms with E-state index in [1.54, 1.807) is 63.7 Å². The Kier molecular flexibility index (Phi) is 12.2. The maximum Gasteiger partial charge on any atom is 0.417 e. The zero-order valence-corrected chi connectivity index (χ0v) is 40.2. The van der Waals surface area contributed by atoms with Gasteiger partial charge in [0, 0.05) is 32.8 Å². The molecule has 80 heavy (non-hydrogen) atoms. The van der Waals surface area contributed by atoms with Gasteiger partial charge < -0.3 is 9.13 Å². The third kappa shape index (κ3) is 9.07. The van der Waals surface area contributed by atoms with Gasteiger partial charge in [0.05, 0.1) is 78.8 Å². The molecule has 0 bridgehead atoms. The summed E-state index contributed by atoms with van der Waals surface area (Å²) in [6.07, 6.45) is -25.7. The lowest BCUT2D eigenvalue weighted by Crippen LogP contribution is -2.12. The third-order valence-corrected chi connectivity index (χ3v) is 13.9. The van der Waals surface area contributed by atoms with Crippen LogP contribution in [0, 0.1) is 22.7 Å². The summed E-state index contributed by atoms with van der Waals surface area (Å²) in [7, 11) is 0. The Labute approximate surface area is 441 Å². The van der Waals surface area contributed by atoms with Gasteiger partial charge in [0.1, 0.15) is 0 Å². The summed E-state index contributed by atoms with van der Waals surface area (Å²) in [5.74, 6) is 0. The molecule has 0 fully saturated rings. The lowest BCUT2D eigenvalue weighted by atomic mass is 9.89. The van der Waals surface area contributed by atoms with Crippen molar-refractivity contribution in [3.63, 3.8) is 0 Å². The smallest absolute Gasteiger partial charge is 0.309 e. The molecule has 19 heteroatoms. The Morgan fingerprint density at radius 1 is 0.300 bits per heavy atom. The van der Waals surface area contributed by atoms with Crippen molar-refractivity contribution in [2.75, 3.05) is 0 Å². The minimum atomic E-state index is -5.22. The van der Waals surface area contributed by atoms with E-state index in [9.17, 15) is 63.2 Å². The lowest BCUT2D eigenvalue weighted by Gasteiger charge is -2.21. The number of fused-ring (bicyclic) bond motifs is 6. The van der Waals surface area contributed by atoms with Crippen LogP contribution in [0.3, 0.4) is 0 Å².